The summed E-state index contributed by atoms with van der Waals surface area (Å²) >= 11 is 5.76. The van der Waals surface area contributed by atoms with Crippen LogP contribution in [0.15, 0.2) is 42.5 Å². The standard InChI is InChI=1S/C13H8ClNO4/c14-8-3-1-4-9(7-8)19-13(18)11-6-2-5-10(15-11)12(16)17/h1-7H,(H,16,17). The van der Waals surface area contributed by atoms with E-state index in [9.17, 15) is 9.59 Å². The molecule has 5 nitrogen and oxygen atoms in total. The molecule has 19 heavy (non-hydrogen) atoms. The van der Waals surface area contributed by atoms with Crippen molar-refractivity contribution in [3.63, 3.8) is 0 Å². The number of halogens is 1. The predicted molar refractivity (Wildman–Crippen MR) is 67.6 cm³/mol. The molecule has 0 atom stereocenters. The molecule has 0 bridgehead atoms. The Hall–Kier alpha value is -2.40. The molecule has 0 radical (unpaired) electrons. The van der Waals surface area contributed by atoms with Gasteiger partial charge in [-0.15, -0.1) is 0 Å². The van der Waals surface area contributed by atoms with Crippen LogP contribution in [0.1, 0.15) is 21.0 Å². The third kappa shape index (κ3) is 3.29. The van der Waals surface area contributed by atoms with E-state index in [0.29, 0.717) is 5.02 Å². The Labute approximate surface area is 113 Å². The van der Waals surface area contributed by atoms with E-state index in [-0.39, 0.29) is 17.1 Å². The molecule has 6 heteroatoms. The normalized spacial score (nSPS) is 9.95. The second-order valence-electron chi connectivity index (χ2n) is 3.56. The van der Waals surface area contributed by atoms with Gasteiger partial charge in [-0.1, -0.05) is 23.7 Å². The number of hydrogen-bond donors (Lipinski definition) is 1. The van der Waals surface area contributed by atoms with Gasteiger partial charge in [-0.3, -0.25) is 0 Å². The Morgan fingerprint density at radius 2 is 1.79 bits per heavy atom. The molecule has 2 rings (SSSR count). The highest BCUT2D eigenvalue weighted by molar-refractivity contribution is 6.30. The number of ether oxygens (including phenoxy) is 1. The van der Waals surface area contributed by atoms with Crippen molar-refractivity contribution in [2.45, 2.75) is 0 Å². The van der Waals surface area contributed by atoms with Gasteiger partial charge in [0.15, 0.2) is 0 Å². The summed E-state index contributed by atoms with van der Waals surface area (Å²) in [6.07, 6.45) is 0. The zero-order valence-corrected chi connectivity index (χ0v) is 10.3. The van der Waals surface area contributed by atoms with Crippen molar-refractivity contribution in [3.05, 3.63) is 58.9 Å². The van der Waals surface area contributed by atoms with E-state index in [4.69, 9.17) is 21.4 Å². The second-order valence-corrected chi connectivity index (χ2v) is 4.00. The van der Waals surface area contributed by atoms with Crippen LogP contribution in [0.3, 0.4) is 0 Å². The maximum absolute atomic E-state index is 11.8. The van der Waals surface area contributed by atoms with E-state index >= 15 is 0 Å². The van der Waals surface area contributed by atoms with Crippen molar-refractivity contribution in [2.75, 3.05) is 0 Å². The average molecular weight is 278 g/mol. The monoisotopic (exact) mass is 277 g/mol. The smallest absolute Gasteiger partial charge is 0.362 e. The van der Waals surface area contributed by atoms with Crippen molar-refractivity contribution in [1.29, 1.82) is 0 Å². The molecular formula is C13H8ClNO4. The predicted octanol–water partition coefficient (Wildman–Crippen LogP) is 2.65. The first-order valence-corrected chi connectivity index (χ1v) is 5.62. The zero-order chi connectivity index (χ0) is 13.8. The number of carbonyl (C=O) groups is 2. The van der Waals surface area contributed by atoms with Crippen molar-refractivity contribution in [3.8, 4) is 5.75 Å². The molecule has 0 amide bonds. The maximum Gasteiger partial charge on any atom is 0.362 e. The van der Waals surface area contributed by atoms with Crippen LogP contribution in [0.4, 0.5) is 0 Å². The largest absolute Gasteiger partial charge is 0.477 e. The van der Waals surface area contributed by atoms with Gasteiger partial charge >= 0.3 is 11.9 Å². The molecule has 0 saturated heterocycles. The molecule has 96 valence electrons. The zero-order valence-electron chi connectivity index (χ0n) is 9.54. The van der Waals surface area contributed by atoms with E-state index in [1.54, 1.807) is 18.2 Å². The van der Waals surface area contributed by atoms with Crippen molar-refractivity contribution in [2.24, 2.45) is 0 Å². The summed E-state index contributed by atoms with van der Waals surface area (Å²) in [6.45, 7) is 0. The fraction of sp³-hybridized carbons (Fsp3) is 0. The summed E-state index contributed by atoms with van der Waals surface area (Å²) in [5.74, 6) is -1.69. The lowest BCUT2D eigenvalue weighted by Crippen LogP contribution is -2.13. The van der Waals surface area contributed by atoms with Crippen molar-refractivity contribution in [1.82, 2.24) is 4.98 Å². The molecule has 0 fully saturated rings. The molecule has 1 N–H and O–H groups in total. The lowest BCUT2D eigenvalue weighted by Gasteiger charge is -2.04. The quantitative estimate of drug-likeness (QED) is 0.689. The lowest BCUT2D eigenvalue weighted by atomic mass is 10.3. The van der Waals surface area contributed by atoms with E-state index in [0.717, 1.165) is 0 Å². The first-order valence-electron chi connectivity index (χ1n) is 5.24. The summed E-state index contributed by atoms with van der Waals surface area (Å²) in [5, 5.41) is 9.21. The number of benzene rings is 1. The van der Waals surface area contributed by atoms with E-state index < -0.39 is 11.9 Å². The van der Waals surface area contributed by atoms with Gasteiger partial charge in [0.1, 0.15) is 17.1 Å². The van der Waals surface area contributed by atoms with Gasteiger partial charge in [0.05, 0.1) is 0 Å². The third-order valence-corrected chi connectivity index (χ3v) is 2.42. The van der Waals surface area contributed by atoms with Crippen LogP contribution in [0.2, 0.25) is 5.02 Å². The van der Waals surface area contributed by atoms with Crippen LogP contribution in [0.25, 0.3) is 0 Å². The van der Waals surface area contributed by atoms with Crippen LogP contribution in [0.5, 0.6) is 5.75 Å². The number of aromatic carboxylic acids is 1. The van der Waals surface area contributed by atoms with Crippen LogP contribution in [-0.4, -0.2) is 22.0 Å². The highest BCUT2D eigenvalue weighted by atomic mass is 35.5. The van der Waals surface area contributed by atoms with Gasteiger partial charge in [0.25, 0.3) is 0 Å². The number of aromatic nitrogens is 1. The maximum atomic E-state index is 11.8. The minimum Gasteiger partial charge on any atom is -0.477 e. The van der Waals surface area contributed by atoms with E-state index in [1.165, 1.54) is 24.3 Å². The second kappa shape index (κ2) is 5.49. The van der Waals surface area contributed by atoms with Crippen LogP contribution >= 0.6 is 11.6 Å². The number of carboxylic acids is 1. The molecular weight excluding hydrogens is 270 g/mol. The first kappa shape index (κ1) is 13.0. The van der Waals surface area contributed by atoms with Gasteiger partial charge in [0, 0.05) is 5.02 Å². The van der Waals surface area contributed by atoms with E-state index in [1.807, 2.05) is 0 Å². The van der Waals surface area contributed by atoms with Crippen molar-refractivity contribution >= 4 is 23.5 Å². The Morgan fingerprint density at radius 1 is 1.11 bits per heavy atom. The van der Waals surface area contributed by atoms with Gasteiger partial charge in [-0.25, -0.2) is 14.6 Å². The Kier molecular flexibility index (Phi) is 3.77. The number of rotatable bonds is 3. The average Bonchev–Trinajstić information content (AvgIpc) is 2.39. The third-order valence-electron chi connectivity index (χ3n) is 2.18. The Morgan fingerprint density at radius 3 is 2.47 bits per heavy atom. The highest BCUT2D eigenvalue weighted by Gasteiger charge is 2.13. The summed E-state index contributed by atoms with van der Waals surface area (Å²) in [7, 11) is 0. The van der Waals surface area contributed by atoms with Gasteiger partial charge in [-0.05, 0) is 30.3 Å². The summed E-state index contributed by atoms with van der Waals surface area (Å²) in [4.78, 5) is 26.2. The Bertz CT molecular complexity index is 642. The topological polar surface area (TPSA) is 76.5 Å². The van der Waals surface area contributed by atoms with Crippen molar-refractivity contribution < 1.29 is 19.4 Å². The molecule has 0 saturated carbocycles. The number of nitrogens with zero attached hydrogens (tertiary/aromatic N) is 1. The molecule has 2 aromatic rings. The molecule has 1 heterocycles. The summed E-state index contributed by atoms with van der Waals surface area (Å²) in [6, 6.07) is 10.4. The molecule has 0 aliphatic carbocycles. The van der Waals surface area contributed by atoms with Crippen LogP contribution < -0.4 is 4.74 Å². The van der Waals surface area contributed by atoms with Gasteiger partial charge in [0.2, 0.25) is 0 Å². The van der Waals surface area contributed by atoms with Gasteiger partial charge in [-0.2, -0.15) is 0 Å². The first-order chi connectivity index (χ1) is 9.06. The molecule has 1 aromatic carbocycles. The number of hydrogen-bond acceptors (Lipinski definition) is 4. The SMILES string of the molecule is O=C(O)c1cccc(C(=O)Oc2cccc(Cl)c2)n1. The molecule has 0 unspecified atom stereocenters. The minimum absolute atomic E-state index is 0.0834. The number of pyridine rings is 1. The summed E-state index contributed by atoms with van der Waals surface area (Å²) < 4.78 is 5.04. The van der Waals surface area contributed by atoms with Crippen LogP contribution in [-0.2, 0) is 0 Å². The van der Waals surface area contributed by atoms with E-state index in [2.05, 4.69) is 4.98 Å². The fourth-order valence-corrected chi connectivity index (χ4v) is 1.54. The van der Waals surface area contributed by atoms with Gasteiger partial charge < -0.3 is 9.84 Å². The number of carbonyl (C=O) groups excluding carboxylic acids is 1. The minimum atomic E-state index is -1.21. The molecule has 0 spiro atoms. The van der Waals surface area contributed by atoms with Crippen LogP contribution in [0, 0.1) is 0 Å². The number of carboxylic acid groups (broad SMARTS) is 1. The molecule has 1 aromatic heterocycles. The number of esters is 1. The molecule has 0 aliphatic heterocycles. The summed E-state index contributed by atoms with van der Waals surface area (Å²) in [5.41, 5.74) is -0.305. The Balaban J connectivity index is 2.20. The lowest BCUT2D eigenvalue weighted by molar-refractivity contribution is 0.0689. The molecule has 0 aliphatic rings. The highest BCUT2D eigenvalue weighted by Crippen LogP contribution is 2.18. The fourth-order valence-electron chi connectivity index (χ4n) is 1.36.